The molecule has 198 valence electrons. The van der Waals surface area contributed by atoms with Crippen molar-refractivity contribution in [3.8, 4) is 17.3 Å². The highest BCUT2D eigenvalue weighted by atomic mass is 16.6. The number of amides is 2. The number of oxazole rings is 1. The SMILES string of the molecule is Cn1cc(NC(=O)c2coc(-c3ccnc(OCCCCCNC(=O)OC(C)(C)C)c3)n2)c(C(=O)O)n1. The van der Waals surface area contributed by atoms with Gasteiger partial charge < -0.3 is 29.6 Å². The number of carboxylic acid groups (broad SMARTS) is 1. The van der Waals surface area contributed by atoms with E-state index in [9.17, 15) is 19.5 Å². The lowest BCUT2D eigenvalue weighted by Gasteiger charge is -2.19. The van der Waals surface area contributed by atoms with Crippen molar-refractivity contribution in [2.24, 2.45) is 7.05 Å². The molecule has 0 aliphatic rings. The van der Waals surface area contributed by atoms with Crippen LogP contribution in [0.4, 0.5) is 10.5 Å². The number of carbonyl (C=O) groups excluding carboxylic acids is 2. The van der Waals surface area contributed by atoms with Crippen molar-refractivity contribution >= 4 is 23.7 Å². The molecule has 0 bridgehead atoms. The maximum absolute atomic E-state index is 12.5. The summed E-state index contributed by atoms with van der Waals surface area (Å²) in [7, 11) is 1.54. The van der Waals surface area contributed by atoms with Crippen LogP contribution in [0.3, 0.4) is 0 Å². The highest BCUT2D eigenvalue weighted by molar-refractivity contribution is 6.06. The molecule has 0 saturated heterocycles. The van der Waals surface area contributed by atoms with Gasteiger partial charge in [-0.3, -0.25) is 9.48 Å². The minimum atomic E-state index is -1.27. The Morgan fingerprint density at radius 2 is 1.97 bits per heavy atom. The number of aromatic carboxylic acids is 1. The fourth-order valence-electron chi connectivity index (χ4n) is 3.14. The molecule has 3 aromatic rings. The first-order valence-corrected chi connectivity index (χ1v) is 11.6. The van der Waals surface area contributed by atoms with Crippen LogP contribution >= 0.6 is 0 Å². The Bertz CT molecular complexity index is 1240. The molecule has 0 spiro atoms. The zero-order chi connectivity index (χ0) is 27.0. The van der Waals surface area contributed by atoms with E-state index in [1.807, 2.05) is 20.8 Å². The van der Waals surface area contributed by atoms with Crippen molar-refractivity contribution in [2.75, 3.05) is 18.5 Å². The number of alkyl carbamates (subject to hydrolysis) is 1. The van der Waals surface area contributed by atoms with Crippen LogP contribution in [0.5, 0.6) is 5.88 Å². The smallest absolute Gasteiger partial charge is 0.407 e. The van der Waals surface area contributed by atoms with Crippen molar-refractivity contribution in [3.05, 3.63) is 42.2 Å². The standard InChI is InChI=1S/C24H30N6O7/c1-24(2,3)37-23(34)26-9-6-5-7-11-35-18-12-15(8-10-25-18)21-28-17(14-36-21)20(31)27-16-13-30(4)29-19(16)22(32)33/h8,10,12-14H,5-7,9,11H2,1-4H3,(H,26,34)(H,27,31)(H,32,33). The first kappa shape index (κ1) is 27.2. The summed E-state index contributed by atoms with van der Waals surface area (Å²) in [6.45, 7) is 6.38. The van der Waals surface area contributed by atoms with Gasteiger partial charge in [-0.1, -0.05) is 0 Å². The van der Waals surface area contributed by atoms with Gasteiger partial charge in [0.05, 0.1) is 12.3 Å². The second-order valence-corrected chi connectivity index (χ2v) is 9.08. The van der Waals surface area contributed by atoms with Gasteiger partial charge in [-0.05, 0) is 46.1 Å². The van der Waals surface area contributed by atoms with Gasteiger partial charge in [0.25, 0.3) is 5.91 Å². The van der Waals surface area contributed by atoms with E-state index in [-0.39, 0.29) is 23.0 Å². The van der Waals surface area contributed by atoms with E-state index < -0.39 is 23.6 Å². The van der Waals surface area contributed by atoms with Gasteiger partial charge in [0.2, 0.25) is 11.8 Å². The number of carboxylic acids is 1. The molecule has 37 heavy (non-hydrogen) atoms. The highest BCUT2D eigenvalue weighted by Crippen LogP contribution is 2.23. The molecule has 3 aromatic heterocycles. The summed E-state index contributed by atoms with van der Waals surface area (Å²) in [5.41, 5.74) is -0.239. The number of carbonyl (C=O) groups is 3. The predicted molar refractivity (Wildman–Crippen MR) is 131 cm³/mol. The Morgan fingerprint density at radius 3 is 2.70 bits per heavy atom. The monoisotopic (exact) mass is 514 g/mol. The Hall–Kier alpha value is -4.42. The van der Waals surface area contributed by atoms with E-state index >= 15 is 0 Å². The number of rotatable bonds is 11. The summed E-state index contributed by atoms with van der Waals surface area (Å²) in [5.74, 6) is -1.36. The number of hydrogen-bond donors (Lipinski definition) is 3. The molecule has 0 fully saturated rings. The van der Waals surface area contributed by atoms with Crippen molar-refractivity contribution in [3.63, 3.8) is 0 Å². The average molecular weight is 515 g/mol. The third-order valence-corrected chi connectivity index (χ3v) is 4.74. The van der Waals surface area contributed by atoms with Gasteiger partial charge in [0, 0.05) is 37.6 Å². The molecule has 0 unspecified atom stereocenters. The molecule has 3 N–H and O–H groups in total. The van der Waals surface area contributed by atoms with Crippen molar-refractivity contribution in [2.45, 2.75) is 45.6 Å². The Labute approximate surface area is 213 Å². The van der Waals surface area contributed by atoms with Gasteiger partial charge in [0.1, 0.15) is 11.9 Å². The molecule has 2 amide bonds. The van der Waals surface area contributed by atoms with E-state index in [4.69, 9.17) is 13.9 Å². The van der Waals surface area contributed by atoms with Crippen LogP contribution in [0.15, 0.2) is 35.2 Å². The maximum atomic E-state index is 12.5. The largest absolute Gasteiger partial charge is 0.478 e. The second-order valence-electron chi connectivity index (χ2n) is 9.08. The summed E-state index contributed by atoms with van der Waals surface area (Å²) >= 11 is 0. The van der Waals surface area contributed by atoms with Crippen LogP contribution in [0.1, 0.15) is 61.0 Å². The fraction of sp³-hybridized carbons (Fsp3) is 0.417. The molecule has 0 aliphatic heterocycles. The lowest BCUT2D eigenvalue weighted by atomic mass is 10.2. The molecule has 0 atom stereocenters. The summed E-state index contributed by atoms with van der Waals surface area (Å²) in [6.07, 6.45) is 6.05. The molecule has 0 saturated carbocycles. The molecular formula is C24H30N6O7. The third kappa shape index (κ3) is 8.33. The zero-order valence-corrected chi connectivity index (χ0v) is 21.1. The number of aromatic nitrogens is 4. The molecule has 3 rings (SSSR count). The Kier molecular flexibility index (Phi) is 8.82. The number of ether oxygens (including phenoxy) is 2. The topological polar surface area (TPSA) is 171 Å². The summed E-state index contributed by atoms with van der Waals surface area (Å²) in [5, 5.41) is 18.2. The van der Waals surface area contributed by atoms with Crippen molar-refractivity contribution in [1.29, 1.82) is 0 Å². The Morgan fingerprint density at radius 1 is 1.19 bits per heavy atom. The second kappa shape index (κ2) is 12.0. The molecule has 0 aromatic carbocycles. The van der Waals surface area contributed by atoms with E-state index in [0.29, 0.717) is 24.6 Å². The van der Waals surface area contributed by atoms with E-state index in [0.717, 1.165) is 19.3 Å². The van der Waals surface area contributed by atoms with Crippen LogP contribution < -0.4 is 15.4 Å². The third-order valence-electron chi connectivity index (χ3n) is 4.74. The van der Waals surface area contributed by atoms with Crippen molar-refractivity contribution < 1.29 is 33.4 Å². The number of anilines is 1. The van der Waals surface area contributed by atoms with E-state index in [1.54, 1.807) is 19.2 Å². The molecule has 13 heteroatoms. The van der Waals surface area contributed by atoms with Crippen LogP contribution in [0.25, 0.3) is 11.5 Å². The first-order valence-electron chi connectivity index (χ1n) is 11.6. The number of pyridine rings is 1. The lowest BCUT2D eigenvalue weighted by molar-refractivity contribution is 0.0526. The number of hydrogen-bond acceptors (Lipinski definition) is 9. The first-order chi connectivity index (χ1) is 17.5. The van der Waals surface area contributed by atoms with Crippen LogP contribution in [0, 0.1) is 0 Å². The lowest BCUT2D eigenvalue weighted by Crippen LogP contribution is -2.33. The normalized spacial score (nSPS) is 11.1. The molecule has 0 aliphatic carbocycles. The average Bonchev–Trinajstić information content (AvgIpc) is 3.44. The van der Waals surface area contributed by atoms with Gasteiger partial charge in [-0.25, -0.2) is 19.6 Å². The predicted octanol–water partition coefficient (Wildman–Crippen LogP) is 3.49. The van der Waals surface area contributed by atoms with Crippen LogP contribution in [0.2, 0.25) is 0 Å². The zero-order valence-electron chi connectivity index (χ0n) is 21.1. The molecule has 13 nitrogen and oxygen atoms in total. The van der Waals surface area contributed by atoms with Crippen LogP contribution in [-0.2, 0) is 11.8 Å². The van der Waals surface area contributed by atoms with E-state index in [2.05, 4.69) is 25.7 Å². The molecular weight excluding hydrogens is 484 g/mol. The van der Waals surface area contributed by atoms with Crippen LogP contribution in [-0.4, -0.2) is 61.6 Å². The summed E-state index contributed by atoms with van der Waals surface area (Å²) < 4.78 is 17.6. The summed E-state index contributed by atoms with van der Waals surface area (Å²) in [6, 6.07) is 3.30. The minimum absolute atomic E-state index is 0.0329. The molecule has 0 radical (unpaired) electrons. The number of unbranched alkanes of at least 4 members (excludes halogenated alkanes) is 2. The number of nitrogens with one attached hydrogen (secondary N) is 2. The minimum Gasteiger partial charge on any atom is -0.478 e. The van der Waals surface area contributed by atoms with Gasteiger partial charge in [0.15, 0.2) is 11.4 Å². The summed E-state index contributed by atoms with van der Waals surface area (Å²) in [4.78, 5) is 43.8. The van der Waals surface area contributed by atoms with E-state index in [1.165, 1.54) is 23.3 Å². The fourth-order valence-corrected chi connectivity index (χ4v) is 3.14. The quantitative estimate of drug-likeness (QED) is 0.322. The van der Waals surface area contributed by atoms with Gasteiger partial charge in [-0.15, -0.1) is 0 Å². The number of nitrogens with zero attached hydrogens (tertiary/aromatic N) is 4. The van der Waals surface area contributed by atoms with Crippen molar-refractivity contribution in [1.82, 2.24) is 25.1 Å². The van der Waals surface area contributed by atoms with Gasteiger partial charge in [-0.2, -0.15) is 5.10 Å². The maximum Gasteiger partial charge on any atom is 0.407 e. The Balaban J connectivity index is 1.46. The highest BCUT2D eigenvalue weighted by Gasteiger charge is 2.20. The van der Waals surface area contributed by atoms with Gasteiger partial charge >= 0.3 is 12.1 Å². The molecule has 3 heterocycles. The number of aryl methyl sites for hydroxylation is 1.